The predicted octanol–water partition coefficient (Wildman–Crippen LogP) is 4.32. The zero-order chi connectivity index (χ0) is 15.5. The van der Waals surface area contributed by atoms with E-state index in [-0.39, 0.29) is 4.90 Å². The smallest absolute Gasteiger partial charge is 0.261 e. The van der Waals surface area contributed by atoms with E-state index in [9.17, 15) is 8.42 Å². The molecule has 2 rings (SSSR count). The molecule has 0 saturated heterocycles. The van der Waals surface area contributed by atoms with Crippen LogP contribution < -0.4 is 4.74 Å². The molecule has 0 aromatic heterocycles. The van der Waals surface area contributed by atoms with Gasteiger partial charge in [0.2, 0.25) is 0 Å². The van der Waals surface area contributed by atoms with Crippen LogP contribution in [0.1, 0.15) is 5.56 Å². The van der Waals surface area contributed by atoms with Crippen LogP contribution in [0.15, 0.2) is 51.8 Å². The topological polar surface area (TPSA) is 52.6 Å². The Morgan fingerprint density at radius 3 is 2.57 bits per heavy atom. The molecule has 0 aliphatic heterocycles. The van der Waals surface area contributed by atoms with Crippen molar-refractivity contribution in [3.63, 3.8) is 0 Å². The third kappa shape index (κ3) is 4.44. The highest BCUT2D eigenvalue weighted by Crippen LogP contribution is 2.32. The van der Waals surface area contributed by atoms with Gasteiger partial charge in [0.15, 0.2) is 0 Å². The lowest BCUT2D eigenvalue weighted by atomic mass is 10.2. The van der Waals surface area contributed by atoms with Crippen molar-refractivity contribution < 1.29 is 17.9 Å². The minimum atomic E-state index is -3.76. The van der Waals surface area contributed by atoms with Gasteiger partial charge < -0.3 is 9.47 Å². The molecule has 0 fully saturated rings. The highest BCUT2D eigenvalue weighted by molar-refractivity contribution is 9.10. The van der Waals surface area contributed by atoms with Gasteiger partial charge in [-0.15, -0.1) is 0 Å². The van der Waals surface area contributed by atoms with E-state index in [1.807, 2.05) is 18.2 Å². The fourth-order valence-corrected chi connectivity index (χ4v) is 3.10. The first-order chi connectivity index (χ1) is 9.90. The van der Waals surface area contributed by atoms with Gasteiger partial charge in [-0.1, -0.05) is 12.1 Å². The molecule has 0 atom stereocenters. The minimum absolute atomic E-state index is 0.0107. The van der Waals surface area contributed by atoms with Gasteiger partial charge in [0.05, 0.1) is 16.0 Å². The lowest BCUT2D eigenvalue weighted by Crippen LogP contribution is -1.93. The van der Waals surface area contributed by atoms with Crippen molar-refractivity contribution in [1.82, 2.24) is 0 Å². The number of hydrogen-bond donors (Lipinski definition) is 0. The molecule has 0 spiro atoms. The first kappa shape index (κ1) is 16.3. The first-order valence-corrected chi connectivity index (χ1v) is 9.00. The Balaban J connectivity index is 2.26. The van der Waals surface area contributed by atoms with Crippen molar-refractivity contribution >= 4 is 35.7 Å². The third-order valence-electron chi connectivity index (χ3n) is 2.62. The number of ether oxygens (including phenoxy) is 2. The van der Waals surface area contributed by atoms with Crippen LogP contribution in [0.3, 0.4) is 0 Å². The van der Waals surface area contributed by atoms with E-state index in [0.717, 1.165) is 5.56 Å². The SMILES string of the molecule is COCc1cccc(Oc2ccc(S(=O)(=O)Cl)cc2Br)c1. The molecule has 0 aliphatic rings. The van der Waals surface area contributed by atoms with E-state index >= 15 is 0 Å². The van der Waals surface area contributed by atoms with Gasteiger partial charge in [-0.25, -0.2) is 8.42 Å². The Labute approximate surface area is 136 Å². The highest BCUT2D eigenvalue weighted by atomic mass is 79.9. The Hall–Kier alpha value is -1.08. The summed E-state index contributed by atoms with van der Waals surface area (Å²) in [6.07, 6.45) is 0. The summed E-state index contributed by atoms with van der Waals surface area (Å²) < 4.78 is 33.8. The van der Waals surface area contributed by atoms with Crippen LogP contribution in [0.2, 0.25) is 0 Å². The van der Waals surface area contributed by atoms with Crippen molar-refractivity contribution in [1.29, 1.82) is 0 Å². The molecular formula is C14H12BrClO4S. The summed E-state index contributed by atoms with van der Waals surface area (Å²) in [5.41, 5.74) is 0.978. The average Bonchev–Trinajstić information content (AvgIpc) is 2.41. The number of methoxy groups -OCH3 is 1. The molecule has 4 nitrogen and oxygen atoms in total. The number of benzene rings is 2. The molecule has 2 aromatic carbocycles. The third-order valence-corrected chi connectivity index (χ3v) is 4.59. The van der Waals surface area contributed by atoms with Gasteiger partial charge in [-0.3, -0.25) is 0 Å². The van der Waals surface area contributed by atoms with Crippen molar-refractivity contribution in [3.8, 4) is 11.5 Å². The van der Waals surface area contributed by atoms with Crippen LogP contribution in [0.25, 0.3) is 0 Å². The van der Waals surface area contributed by atoms with E-state index in [1.54, 1.807) is 19.2 Å². The second kappa shape index (κ2) is 6.79. The highest BCUT2D eigenvalue weighted by Gasteiger charge is 2.13. The fraction of sp³-hybridized carbons (Fsp3) is 0.143. The summed E-state index contributed by atoms with van der Waals surface area (Å²) >= 11 is 3.27. The lowest BCUT2D eigenvalue weighted by molar-refractivity contribution is 0.184. The van der Waals surface area contributed by atoms with Crippen LogP contribution in [0, 0.1) is 0 Å². The van der Waals surface area contributed by atoms with Crippen molar-refractivity contribution in [2.75, 3.05) is 7.11 Å². The van der Waals surface area contributed by atoms with Gasteiger partial charge in [0, 0.05) is 17.8 Å². The summed E-state index contributed by atoms with van der Waals surface area (Å²) in [6, 6.07) is 11.8. The molecule has 0 saturated carbocycles. The van der Waals surface area contributed by atoms with Gasteiger partial charge >= 0.3 is 0 Å². The largest absolute Gasteiger partial charge is 0.456 e. The monoisotopic (exact) mass is 390 g/mol. The number of hydrogen-bond acceptors (Lipinski definition) is 4. The maximum Gasteiger partial charge on any atom is 0.261 e. The van der Waals surface area contributed by atoms with Crippen molar-refractivity contribution in [3.05, 3.63) is 52.5 Å². The summed E-state index contributed by atoms with van der Waals surface area (Å²) in [4.78, 5) is 0.0107. The normalized spacial score (nSPS) is 11.4. The first-order valence-electron chi connectivity index (χ1n) is 5.90. The molecule has 0 aliphatic carbocycles. The second-order valence-corrected chi connectivity index (χ2v) is 7.63. The zero-order valence-electron chi connectivity index (χ0n) is 11.0. The van der Waals surface area contributed by atoms with Crippen LogP contribution >= 0.6 is 26.6 Å². The van der Waals surface area contributed by atoms with Crippen molar-refractivity contribution in [2.24, 2.45) is 0 Å². The summed E-state index contributed by atoms with van der Waals surface area (Å²) in [5.74, 6) is 1.13. The molecule has 0 amide bonds. The molecule has 0 heterocycles. The fourth-order valence-electron chi connectivity index (χ4n) is 1.71. The Morgan fingerprint density at radius 1 is 1.19 bits per heavy atom. The molecule has 0 unspecified atom stereocenters. The van der Waals surface area contributed by atoms with E-state index < -0.39 is 9.05 Å². The van der Waals surface area contributed by atoms with Crippen LogP contribution in [-0.2, 0) is 20.4 Å². The van der Waals surface area contributed by atoms with Gasteiger partial charge in [0.1, 0.15) is 11.5 Å². The zero-order valence-corrected chi connectivity index (χ0v) is 14.2. The minimum Gasteiger partial charge on any atom is -0.456 e. The Bertz CT molecular complexity index is 746. The molecule has 7 heteroatoms. The standard InChI is InChI=1S/C14H12BrClO4S/c1-19-9-10-3-2-4-11(7-10)20-14-6-5-12(8-13(14)15)21(16,17)18/h2-8H,9H2,1H3. The van der Waals surface area contributed by atoms with Crippen LogP contribution in [0.4, 0.5) is 0 Å². The Kier molecular flexibility index (Phi) is 5.27. The summed E-state index contributed by atoms with van der Waals surface area (Å²) in [7, 11) is 3.16. The van der Waals surface area contributed by atoms with E-state index in [0.29, 0.717) is 22.6 Å². The van der Waals surface area contributed by atoms with Gasteiger partial charge in [0.25, 0.3) is 9.05 Å². The van der Waals surface area contributed by atoms with Crippen molar-refractivity contribution in [2.45, 2.75) is 11.5 Å². The van der Waals surface area contributed by atoms with Gasteiger partial charge in [-0.05, 0) is 51.8 Å². The summed E-state index contributed by atoms with van der Waals surface area (Å²) in [6.45, 7) is 0.488. The lowest BCUT2D eigenvalue weighted by Gasteiger charge is -2.10. The predicted molar refractivity (Wildman–Crippen MR) is 84.4 cm³/mol. The number of rotatable bonds is 5. The van der Waals surface area contributed by atoms with Crippen LogP contribution in [0.5, 0.6) is 11.5 Å². The van der Waals surface area contributed by atoms with Gasteiger partial charge in [-0.2, -0.15) is 0 Å². The molecule has 2 aromatic rings. The molecule has 0 bridgehead atoms. The van der Waals surface area contributed by atoms with E-state index in [2.05, 4.69) is 15.9 Å². The maximum absolute atomic E-state index is 11.3. The second-order valence-electron chi connectivity index (χ2n) is 4.21. The Morgan fingerprint density at radius 2 is 1.95 bits per heavy atom. The maximum atomic E-state index is 11.3. The quantitative estimate of drug-likeness (QED) is 0.713. The van der Waals surface area contributed by atoms with E-state index in [1.165, 1.54) is 12.1 Å². The average molecular weight is 392 g/mol. The summed E-state index contributed by atoms with van der Waals surface area (Å²) in [5, 5.41) is 0. The van der Waals surface area contributed by atoms with Crippen LogP contribution in [-0.4, -0.2) is 15.5 Å². The number of halogens is 2. The molecule has 21 heavy (non-hydrogen) atoms. The molecule has 0 N–H and O–H groups in total. The molecular weight excluding hydrogens is 380 g/mol. The molecule has 112 valence electrons. The van der Waals surface area contributed by atoms with E-state index in [4.69, 9.17) is 20.2 Å². The molecule has 0 radical (unpaired) electrons.